The van der Waals surface area contributed by atoms with E-state index >= 15 is 0 Å². The van der Waals surface area contributed by atoms with Gasteiger partial charge in [0.1, 0.15) is 0 Å². The number of nitrogens with zero attached hydrogens (tertiary/aromatic N) is 3. The summed E-state index contributed by atoms with van der Waals surface area (Å²) in [6.45, 7) is 0. The highest BCUT2D eigenvalue weighted by Gasteiger charge is 2.03. The Balaban J connectivity index is 2.92. The lowest BCUT2D eigenvalue weighted by molar-refractivity contribution is 1.02. The predicted molar refractivity (Wildman–Crippen MR) is 45.7 cm³/mol. The van der Waals surface area contributed by atoms with Crippen LogP contribution in [0.5, 0.6) is 0 Å². The Bertz CT molecular complexity index is 467. The van der Waals surface area contributed by atoms with Crippen LogP contribution < -0.4 is 0 Å². The molecule has 0 amide bonds. The Labute approximate surface area is 73.9 Å². The molecule has 58 valence electrons. The SMILES string of the molecule is N#Cc1cccc2c1cnn2Cl. The van der Waals surface area contributed by atoms with Crippen molar-refractivity contribution in [1.82, 2.24) is 9.30 Å². The number of halogens is 1. The fourth-order valence-corrected chi connectivity index (χ4v) is 1.31. The number of benzene rings is 1. The first-order chi connectivity index (χ1) is 5.83. The van der Waals surface area contributed by atoms with Crippen molar-refractivity contribution >= 4 is 22.7 Å². The fourth-order valence-electron chi connectivity index (χ4n) is 1.12. The molecule has 1 aromatic heterocycles. The van der Waals surface area contributed by atoms with Crippen LogP contribution >= 0.6 is 11.8 Å². The van der Waals surface area contributed by atoms with Gasteiger partial charge < -0.3 is 0 Å². The van der Waals surface area contributed by atoms with Crippen LogP contribution in [-0.2, 0) is 0 Å². The standard InChI is InChI=1S/C8H4ClN3/c9-12-8-3-1-2-6(4-10)7(8)5-11-12/h1-3,5H. The lowest BCUT2D eigenvalue weighted by Crippen LogP contribution is -1.80. The fraction of sp³-hybridized carbons (Fsp3) is 0. The molecule has 3 nitrogen and oxygen atoms in total. The maximum absolute atomic E-state index is 8.71. The Morgan fingerprint density at radius 2 is 2.33 bits per heavy atom. The number of aromatic nitrogens is 2. The van der Waals surface area contributed by atoms with E-state index in [1.807, 2.05) is 6.07 Å². The van der Waals surface area contributed by atoms with Gasteiger partial charge in [0.15, 0.2) is 0 Å². The van der Waals surface area contributed by atoms with E-state index in [4.69, 9.17) is 17.0 Å². The van der Waals surface area contributed by atoms with Crippen molar-refractivity contribution in [3.8, 4) is 6.07 Å². The third kappa shape index (κ3) is 0.858. The third-order valence-electron chi connectivity index (χ3n) is 1.69. The summed E-state index contributed by atoms with van der Waals surface area (Å²) in [6.07, 6.45) is 1.58. The zero-order valence-corrected chi connectivity index (χ0v) is 6.78. The summed E-state index contributed by atoms with van der Waals surface area (Å²) in [5, 5.41) is 13.3. The molecule has 0 aliphatic heterocycles. The van der Waals surface area contributed by atoms with E-state index < -0.39 is 0 Å². The summed E-state index contributed by atoms with van der Waals surface area (Å²) < 4.78 is 1.23. The van der Waals surface area contributed by atoms with Crippen LogP contribution in [0.1, 0.15) is 5.56 Å². The van der Waals surface area contributed by atoms with Crippen LogP contribution in [-0.4, -0.2) is 9.30 Å². The van der Waals surface area contributed by atoms with Gasteiger partial charge in [-0.3, -0.25) is 0 Å². The molecule has 0 N–H and O–H groups in total. The molecule has 0 saturated heterocycles. The van der Waals surface area contributed by atoms with Gasteiger partial charge in [0, 0.05) is 17.2 Å². The number of nitriles is 1. The monoisotopic (exact) mass is 177 g/mol. The third-order valence-corrected chi connectivity index (χ3v) is 1.96. The zero-order valence-electron chi connectivity index (χ0n) is 6.03. The maximum atomic E-state index is 8.71. The van der Waals surface area contributed by atoms with Crippen molar-refractivity contribution in [2.24, 2.45) is 0 Å². The van der Waals surface area contributed by atoms with Gasteiger partial charge in [-0.25, -0.2) is 0 Å². The van der Waals surface area contributed by atoms with E-state index in [2.05, 4.69) is 11.2 Å². The first kappa shape index (κ1) is 7.14. The van der Waals surface area contributed by atoms with E-state index in [1.54, 1.807) is 18.3 Å². The lowest BCUT2D eigenvalue weighted by Gasteiger charge is -1.91. The number of fused-ring (bicyclic) bond motifs is 1. The minimum absolute atomic E-state index is 0.597. The minimum atomic E-state index is 0.597. The van der Waals surface area contributed by atoms with E-state index in [0.29, 0.717) is 5.56 Å². The molecule has 2 rings (SSSR count). The van der Waals surface area contributed by atoms with Gasteiger partial charge in [-0.2, -0.15) is 14.6 Å². The molecule has 0 spiro atoms. The average Bonchev–Trinajstić information content (AvgIpc) is 2.48. The molecule has 0 atom stereocenters. The summed E-state index contributed by atoms with van der Waals surface area (Å²) >= 11 is 5.70. The van der Waals surface area contributed by atoms with Gasteiger partial charge in [0.05, 0.1) is 23.3 Å². The topological polar surface area (TPSA) is 41.6 Å². The smallest absolute Gasteiger partial charge is 0.0999 e. The molecule has 0 saturated carbocycles. The molecule has 0 radical (unpaired) electrons. The number of hydrogen-bond donors (Lipinski definition) is 0. The Hall–Kier alpha value is -1.53. The number of hydrogen-bond acceptors (Lipinski definition) is 2. The molecule has 2 aromatic rings. The van der Waals surface area contributed by atoms with Gasteiger partial charge >= 0.3 is 0 Å². The van der Waals surface area contributed by atoms with Crippen molar-refractivity contribution in [3.05, 3.63) is 30.0 Å². The van der Waals surface area contributed by atoms with Crippen molar-refractivity contribution in [2.45, 2.75) is 0 Å². The summed E-state index contributed by atoms with van der Waals surface area (Å²) in [4.78, 5) is 0. The first-order valence-electron chi connectivity index (χ1n) is 3.36. The molecule has 0 bridgehead atoms. The Morgan fingerprint density at radius 3 is 3.08 bits per heavy atom. The van der Waals surface area contributed by atoms with Crippen molar-refractivity contribution < 1.29 is 0 Å². The molecule has 1 heterocycles. The predicted octanol–water partition coefficient (Wildman–Crippen LogP) is 1.91. The van der Waals surface area contributed by atoms with E-state index in [9.17, 15) is 0 Å². The van der Waals surface area contributed by atoms with Gasteiger partial charge in [-0.05, 0) is 12.1 Å². The molecular formula is C8H4ClN3. The average molecular weight is 178 g/mol. The summed E-state index contributed by atoms with van der Waals surface area (Å²) in [5.41, 5.74) is 1.36. The highest BCUT2D eigenvalue weighted by Crippen LogP contribution is 2.17. The van der Waals surface area contributed by atoms with Crippen molar-refractivity contribution in [3.63, 3.8) is 0 Å². The second-order valence-corrected chi connectivity index (χ2v) is 2.68. The molecule has 0 fully saturated rings. The van der Waals surface area contributed by atoms with Gasteiger partial charge in [-0.1, -0.05) is 6.07 Å². The van der Waals surface area contributed by atoms with E-state index in [0.717, 1.165) is 10.9 Å². The second-order valence-electron chi connectivity index (χ2n) is 2.35. The second kappa shape index (κ2) is 2.50. The van der Waals surface area contributed by atoms with Crippen LogP contribution in [0.4, 0.5) is 0 Å². The Kier molecular flexibility index (Phi) is 1.49. The summed E-state index contributed by atoms with van der Waals surface area (Å²) in [7, 11) is 0. The lowest BCUT2D eigenvalue weighted by atomic mass is 10.1. The zero-order chi connectivity index (χ0) is 8.55. The van der Waals surface area contributed by atoms with Gasteiger partial charge in [-0.15, -0.1) is 0 Å². The maximum Gasteiger partial charge on any atom is 0.0999 e. The largest absolute Gasteiger partial charge is 0.192 e. The van der Waals surface area contributed by atoms with E-state index in [-0.39, 0.29) is 0 Å². The highest BCUT2D eigenvalue weighted by molar-refractivity contribution is 6.18. The molecular weight excluding hydrogens is 174 g/mol. The summed E-state index contributed by atoms with van der Waals surface area (Å²) in [6, 6.07) is 7.40. The molecule has 0 aliphatic rings. The molecule has 0 unspecified atom stereocenters. The number of rotatable bonds is 0. The van der Waals surface area contributed by atoms with Gasteiger partial charge in [0.25, 0.3) is 0 Å². The normalized spacial score (nSPS) is 10.0. The molecule has 12 heavy (non-hydrogen) atoms. The van der Waals surface area contributed by atoms with Crippen molar-refractivity contribution in [2.75, 3.05) is 0 Å². The summed E-state index contributed by atoms with van der Waals surface area (Å²) in [5.74, 6) is 0. The van der Waals surface area contributed by atoms with Crippen LogP contribution in [0.2, 0.25) is 0 Å². The van der Waals surface area contributed by atoms with Crippen LogP contribution in [0.3, 0.4) is 0 Å². The molecule has 0 aliphatic carbocycles. The molecule has 1 aromatic carbocycles. The van der Waals surface area contributed by atoms with Crippen LogP contribution in [0.15, 0.2) is 24.4 Å². The van der Waals surface area contributed by atoms with Gasteiger partial charge in [0.2, 0.25) is 0 Å². The quantitative estimate of drug-likeness (QED) is 0.617. The Morgan fingerprint density at radius 1 is 1.50 bits per heavy atom. The first-order valence-corrected chi connectivity index (χ1v) is 3.70. The van der Waals surface area contributed by atoms with Crippen molar-refractivity contribution in [1.29, 1.82) is 5.26 Å². The molecule has 4 heteroatoms. The van der Waals surface area contributed by atoms with Crippen LogP contribution in [0.25, 0.3) is 10.9 Å². The minimum Gasteiger partial charge on any atom is -0.192 e. The van der Waals surface area contributed by atoms with E-state index in [1.165, 1.54) is 4.20 Å². The highest BCUT2D eigenvalue weighted by atomic mass is 35.5. The van der Waals surface area contributed by atoms with Crippen LogP contribution in [0, 0.1) is 11.3 Å².